The second-order valence-electron chi connectivity index (χ2n) is 4.66. The van der Waals surface area contributed by atoms with E-state index in [0.717, 1.165) is 23.1 Å². The molecule has 0 aliphatic heterocycles. The van der Waals surface area contributed by atoms with Gasteiger partial charge in [0.25, 0.3) is 5.56 Å². The summed E-state index contributed by atoms with van der Waals surface area (Å²) in [4.78, 5) is 24.3. The summed E-state index contributed by atoms with van der Waals surface area (Å²) in [5.41, 5.74) is 5.79. The Morgan fingerprint density at radius 3 is 2.60 bits per heavy atom. The van der Waals surface area contributed by atoms with Gasteiger partial charge in [-0.25, -0.2) is 4.79 Å². The molecule has 0 spiro atoms. The van der Waals surface area contributed by atoms with Crippen molar-refractivity contribution in [1.82, 2.24) is 18.9 Å². The zero-order valence-electron chi connectivity index (χ0n) is 11.7. The fourth-order valence-corrected chi connectivity index (χ4v) is 2.06. The van der Waals surface area contributed by atoms with Gasteiger partial charge in [-0.05, 0) is 13.3 Å². The molecule has 7 nitrogen and oxygen atoms in total. The van der Waals surface area contributed by atoms with Gasteiger partial charge < -0.3 is 5.73 Å². The highest BCUT2D eigenvalue weighted by Crippen LogP contribution is 2.00. The van der Waals surface area contributed by atoms with Crippen LogP contribution in [0.4, 0.5) is 5.69 Å². The third kappa shape index (κ3) is 2.66. The Labute approximate surface area is 116 Å². The number of rotatable bonds is 5. The van der Waals surface area contributed by atoms with Crippen molar-refractivity contribution in [3.63, 3.8) is 0 Å². The molecule has 20 heavy (non-hydrogen) atoms. The molecule has 2 aromatic rings. The fourth-order valence-electron chi connectivity index (χ4n) is 2.06. The molecule has 0 fully saturated rings. The van der Waals surface area contributed by atoms with Gasteiger partial charge in [0.05, 0.1) is 12.7 Å². The lowest BCUT2D eigenvalue weighted by molar-refractivity contribution is 0.573. The molecule has 2 rings (SSSR count). The van der Waals surface area contributed by atoms with Crippen LogP contribution >= 0.6 is 0 Å². The standard InChI is InChI=1S/C13H19N5O2/c1-3-5-16-9-11(14)12(19)18(13(16)20)8-10-6-15-17(4-2)7-10/h6-7,9H,3-5,8,14H2,1-2H3. The molecule has 0 saturated carbocycles. The van der Waals surface area contributed by atoms with Crippen molar-refractivity contribution in [3.05, 3.63) is 45.0 Å². The van der Waals surface area contributed by atoms with Gasteiger partial charge in [-0.2, -0.15) is 5.10 Å². The predicted molar refractivity (Wildman–Crippen MR) is 76.7 cm³/mol. The first-order valence-corrected chi connectivity index (χ1v) is 6.67. The van der Waals surface area contributed by atoms with Crippen LogP contribution in [-0.4, -0.2) is 18.9 Å². The largest absolute Gasteiger partial charge is 0.393 e. The van der Waals surface area contributed by atoms with Gasteiger partial charge in [-0.1, -0.05) is 6.92 Å². The van der Waals surface area contributed by atoms with Gasteiger partial charge in [0, 0.05) is 31.0 Å². The second kappa shape index (κ2) is 5.77. The number of hydrogen-bond donors (Lipinski definition) is 1. The van der Waals surface area contributed by atoms with Crippen molar-refractivity contribution in [1.29, 1.82) is 0 Å². The first kappa shape index (κ1) is 14.1. The Hall–Kier alpha value is -2.31. The van der Waals surface area contributed by atoms with Crippen LogP contribution < -0.4 is 17.0 Å². The normalized spacial score (nSPS) is 10.9. The van der Waals surface area contributed by atoms with Crippen LogP contribution in [-0.2, 0) is 19.6 Å². The third-order valence-electron chi connectivity index (χ3n) is 3.08. The van der Waals surface area contributed by atoms with Gasteiger partial charge in [0.2, 0.25) is 0 Å². The van der Waals surface area contributed by atoms with Crippen LogP contribution in [0.25, 0.3) is 0 Å². The van der Waals surface area contributed by atoms with Crippen molar-refractivity contribution in [2.45, 2.75) is 39.9 Å². The number of nitrogen functional groups attached to an aromatic ring is 1. The van der Waals surface area contributed by atoms with E-state index in [1.54, 1.807) is 10.9 Å². The summed E-state index contributed by atoms with van der Waals surface area (Å²) in [7, 11) is 0. The van der Waals surface area contributed by atoms with E-state index < -0.39 is 5.56 Å². The number of nitrogens with zero attached hydrogens (tertiary/aromatic N) is 4. The van der Waals surface area contributed by atoms with Crippen molar-refractivity contribution in [2.24, 2.45) is 0 Å². The number of anilines is 1. The van der Waals surface area contributed by atoms with E-state index in [0.29, 0.717) is 6.54 Å². The van der Waals surface area contributed by atoms with Crippen molar-refractivity contribution in [3.8, 4) is 0 Å². The van der Waals surface area contributed by atoms with Gasteiger partial charge in [-0.3, -0.25) is 18.6 Å². The number of hydrogen-bond acceptors (Lipinski definition) is 4. The van der Waals surface area contributed by atoms with Crippen molar-refractivity contribution < 1.29 is 0 Å². The van der Waals surface area contributed by atoms with Crippen molar-refractivity contribution >= 4 is 5.69 Å². The van der Waals surface area contributed by atoms with Crippen LogP contribution in [0.5, 0.6) is 0 Å². The maximum Gasteiger partial charge on any atom is 0.331 e. The molecule has 0 aliphatic carbocycles. The maximum absolute atomic E-state index is 12.3. The summed E-state index contributed by atoms with van der Waals surface area (Å²) in [6.07, 6.45) is 5.69. The Bertz CT molecular complexity index is 710. The molecule has 0 bridgehead atoms. The molecule has 7 heteroatoms. The summed E-state index contributed by atoms with van der Waals surface area (Å²) < 4.78 is 4.38. The summed E-state index contributed by atoms with van der Waals surface area (Å²) in [5, 5.41) is 4.13. The lowest BCUT2D eigenvalue weighted by Gasteiger charge is -2.09. The lowest BCUT2D eigenvalue weighted by Crippen LogP contribution is -2.40. The average molecular weight is 277 g/mol. The first-order chi connectivity index (χ1) is 9.56. The van der Waals surface area contributed by atoms with E-state index in [-0.39, 0.29) is 17.9 Å². The number of nitrogens with two attached hydrogens (primary N) is 1. The van der Waals surface area contributed by atoms with E-state index in [4.69, 9.17) is 5.73 Å². The number of aryl methyl sites for hydroxylation is 2. The highest BCUT2D eigenvalue weighted by atomic mass is 16.2. The second-order valence-corrected chi connectivity index (χ2v) is 4.66. The smallest absolute Gasteiger partial charge is 0.331 e. The highest BCUT2D eigenvalue weighted by Gasteiger charge is 2.10. The molecule has 2 aromatic heterocycles. The summed E-state index contributed by atoms with van der Waals surface area (Å²) in [6, 6.07) is 0. The molecule has 2 heterocycles. The number of aromatic nitrogens is 4. The van der Waals surface area contributed by atoms with Gasteiger partial charge in [0.15, 0.2) is 0 Å². The molecule has 108 valence electrons. The molecular weight excluding hydrogens is 258 g/mol. The molecule has 0 aromatic carbocycles. The van der Waals surface area contributed by atoms with Gasteiger partial charge in [-0.15, -0.1) is 0 Å². The maximum atomic E-state index is 12.3. The Morgan fingerprint density at radius 2 is 2.00 bits per heavy atom. The van der Waals surface area contributed by atoms with E-state index in [9.17, 15) is 9.59 Å². The van der Waals surface area contributed by atoms with E-state index >= 15 is 0 Å². The van der Waals surface area contributed by atoms with Crippen LogP contribution in [0.1, 0.15) is 25.8 Å². The first-order valence-electron chi connectivity index (χ1n) is 6.67. The molecule has 0 atom stereocenters. The van der Waals surface area contributed by atoms with E-state index in [1.165, 1.54) is 10.8 Å². The summed E-state index contributed by atoms with van der Waals surface area (Å²) >= 11 is 0. The van der Waals surface area contributed by atoms with Crippen LogP contribution in [0.15, 0.2) is 28.2 Å². The monoisotopic (exact) mass is 277 g/mol. The molecule has 0 unspecified atom stereocenters. The average Bonchev–Trinajstić information content (AvgIpc) is 2.89. The molecule has 0 saturated heterocycles. The van der Waals surface area contributed by atoms with E-state index in [2.05, 4.69) is 5.10 Å². The minimum absolute atomic E-state index is 0.0842. The molecule has 0 aliphatic rings. The molecular formula is C13H19N5O2. The van der Waals surface area contributed by atoms with Crippen LogP contribution in [0.3, 0.4) is 0 Å². The minimum Gasteiger partial charge on any atom is -0.393 e. The third-order valence-corrected chi connectivity index (χ3v) is 3.08. The van der Waals surface area contributed by atoms with E-state index in [1.807, 2.05) is 20.0 Å². The van der Waals surface area contributed by atoms with Crippen LogP contribution in [0, 0.1) is 0 Å². The lowest BCUT2D eigenvalue weighted by atomic mass is 10.3. The predicted octanol–water partition coefficient (Wildman–Crippen LogP) is 0.267. The topological polar surface area (TPSA) is 87.8 Å². The summed E-state index contributed by atoms with van der Waals surface area (Å²) in [6.45, 7) is 5.40. The SMILES string of the molecule is CCCn1cc(N)c(=O)n(Cc2cnn(CC)c2)c1=O. The van der Waals surface area contributed by atoms with Gasteiger partial charge in [0.1, 0.15) is 5.69 Å². The molecule has 0 amide bonds. The highest BCUT2D eigenvalue weighted by molar-refractivity contribution is 5.31. The molecule has 2 N–H and O–H groups in total. The summed E-state index contributed by atoms with van der Waals surface area (Å²) in [5.74, 6) is 0. The van der Waals surface area contributed by atoms with Crippen LogP contribution in [0.2, 0.25) is 0 Å². The molecule has 0 radical (unpaired) electrons. The fraction of sp³-hybridized carbons (Fsp3) is 0.462. The van der Waals surface area contributed by atoms with Gasteiger partial charge >= 0.3 is 5.69 Å². The Balaban J connectivity index is 2.44. The van der Waals surface area contributed by atoms with Crippen molar-refractivity contribution in [2.75, 3.05) is 5.73 Å². The zero-order valence-corrected chi connectivity index (χ0v) is 11.7. The Morgan fingerprint density at radius 1 is 1.25 bits per heavy atom. The quantitative estimate of drug-likeness (QED) is 0.849. The minimum atomic E-state index is -0.452. The zero-order chi connectivity index (χ0) is 14.7. The Kier molecular flexibility index (Phi) is 4.07.